The highest BCUT2D eigenvalue weighted by Gasteiger charge is 2.42. The average Bonchev–Trinajstić information content (AvgIpc) is 3.26. The SMILES string of the molecule is CCN(C(=O)c1c(O)c(=O)c(C(=O)NCc2ccc(F)cc2F)cn1C)C1(NC)CCNC1. The molecule has 2 heterocycles. The Balaban J connectivity index is 1.88. The van der Waals surface area contributed by atoms with Crippen LogP contribution in [0.15, 0.2) is 29.2 Å². The average molecular weight is 463 g/mol. The molecule has 1 saturated heterocycles. The first-order valence-corrected chi connectivity index (χ1v) is 10.5. The van der Waals surface area contributed by atoms with Gasteiger partial charge in [-0.25, -0.2) is 8.78 Å². The van der Waals surface area contributed by atoms with Crippen LogP contribution in [0.1, 0.15) is 39.8 Å². The van der Waals surface area contributed by atoms with Crippen molar-refractivity contribution in [3.05, 3.63) is 63.1 Å². The number of nitrogens with one attached hydrogen (secondary N) is 3. The topological polar surface area (TPSA) is 116 Å². The maximum atomic E-state index is 13.8. The highest BCUT2D eigenvalue weighted by atomic mass is 19.1. The summed E-state index contributed by atoms with van der Waals surface area (Å²) in [5.74, 6) is -3.87. The Morgan fingerprint density at radius 3 is 2.64 bits per heavy atom. The van der Waals surface area contributed by atoms with Crippen LogP contribution >= 0.6 is 0 Å². The fourth-order valence-corrected chi connectivity index (χ4v) is 4.09. The predicted molar refractivity (Wildman–Crippen MR) is 117 cm³/mol. The molecule has 1 atom stereocenters. The summed E-state index contributed by atoms with van der Waals surface area (Å²) in [7, 11) is 3.18. The Labute approximate surface area is 189 Å². The largest absolute Gasteiger partial charge is 0.503 e. The minimum atomic E-state index is -1.02. The summed E-state index contributed by atoms with van der Waals surface area (Å²) in [5, 5.41) is 19.3. The zero-order valence-electron chi connectivity index (χ0n) is 18.7. The summed E-state index contributed by atoms with van der Waals surface area (Å²) < 4.78 is 28.1. The van der Waals surface area contributed by atoms with Gasteiger partial charge >= 0.3 is 0 Å². The molecule has 1 aromatic carbocycles. The zero-order valence-corrected chi connectivity index (χ0v) is 18.7. The Hall–Kier alpha value is -3.31. The van der Waals surface area contributed by atoms with Gasteiger partial charge in [0, 0.05) is 44.5 Å². The lowest BCUT2D eigenvalue weighted by molar-refractivity contribution is 0.0442. The molecule has 1 fully saturated rings. The Kier molecular flexibility index (Phi) is 7.13. The fourth-order valence-electron chi connectivity index (χ4n) is 4.09. The molecule has 1 aromatic heterocycles. The first-order valence-electron chi connectivity index (χ1n) is 10.5. The van der Waals surface area contributed by atoms with Crippen molar-refractivity contribution >= 4 is 11.8 Å². The maximum absolute atomic E-state index is 13.8. The number of halogens is 2. The Bertz CT molecular complexity index is 1130. The lowest BCUT2D eigenvalue weighted by atomic mass is 10.1. The molecule has 1 aliphatic heterocycles. The summed E-state index contributed by atoms with van der Waals surface area (Å²) in [6.45, 7) is 3.01. The summed E-state index contributed by atoms with van der Waals surface area (Å²) >= 11 is 0. The van der Waals surface area contributed by atoms with Crippen LogP contribution in [0, 0.1) is 11.6 Å². The van der Waals surface area contributed by atoms with E-state index in [0.717, 1.165) is 12.3 Å². The van der Waals surface area contributed by atoms with E-state index in [-0.39, 0.29) is 17.8 Å². The van der Waals surface area contributed by atoms with Crippen LogP contribution in [-0.4, -0.2) is 58.7 Å². The van der Waals surface area contributed by atoms with E-state index < -0.39 is 45.9 Å². The van der Waals surface area contributed by atoms with E-state index in [4.69, 9.17) is 0 Å². The van der Waals surface area contributed by atoms with Crippen molar-refractivity contribution in [3.8, 4) is 5.75 Å². The number of aromatic nitrogens is 1. The molecule has 4 N–H and O–H groups in total. The fraction of sp³-hybridized carbons (Fsp3) is 0.409. The van der Waals surface area contributed by atoms with E-state index in [1.54, 1.807) is 18.9 Å². The standard InChI is InChI=1S/C22H27F2N5O4/c1-4-29(22(25-2)7-8-26-12-22)21(33)17-19(31)18(30)15(11-28(17)3)20(32)27-10-13-5-6-14(23)9-16(13)24/h5-6,9,11,25-26,31H,4,7-8,10,12H2,1-3H3,(H,27,32). The molecule has 0 saturated carbocycles. The molecule has 0 aliphatic carbocycles. The van der Waals surface area contributed by atoms with Crippen LogP contribution in [0.25, 0.3) is 0 Å². The number of aryl methyl sites for hydroxylation is 1. The number of carbonyl (C=O) groups excluding carboxylic acids is 2. The van der Waals surface area contributed by atoms with Gasteiger partial charge in [-0.2, -0.15) is 0 Å². The van der Waals surface area contributed by atoms with Crippen molar-refractivity contribution in [3.63, 3.8) is 0 Å². The van der Waals surface area contributed by atoms with Gasteiger partial charge in [0.15, 0.2) is 11.4 Å². The molecule has 9 nitrogen and oxygen atoms in total. The normalized spacial score (nSPS) is 17.7. The van der Waals surface area contributed by atoms with Gasteiger partial charge in [0.05, 0.1) is 0 Å². The van der Waals surface area contributed by atoms with Crippen molar-refractivity contribution < 1.29 is 23.5 Å². The van der Waals surface area contributed by atoms with E-state index in [1.807, 2.05) is 0 Å². The number of carbonyl (C=O) groups is 2. The second-order valence-electron chi connectivity index (χ2n) is 7.86. The molecule has 0 bridgehead atoms. The third-order valence-electron chi connectivity index (χ3n) is 5.94. The first kappa shape index (κ1) is 24.3. The highest BCUT2D eigenvalue weighted by Crippen LogP contribution is 2.24. The third kappa shape index (κ3) is 4.60. The molecule has 0 radical (unpaired) electrons. The molecule has 1 unspecified atom stereocenters. The van der Waals surface area contributed by atoms with Crippen molar-refractivity contribution in [1.82, 2.24) is 25.4 Å². The number of benzene rings is 1. The lowest BCUT2D eigenvalue weighted by Crippen LogP contribution is -2.61. The van der Waals surface area contributed by atoms with Crippen molar-refractivity contribution in [1.29, 1.82) is 0 Å². The molecule has 1 aliphatic rings. The number of hydrogen-bond acceptors (Lipinski definition) is 6. The van der Waals surface area contributed by atoms with Gasteiger partial charge in [-0.05, 0) is 33.0 Å². The summed E-state index contributed by atoms with van der Waals surface area (Å²) in [4.78, 5) is 40.2. The van der Waals surface area contributed by atoms with Gasteiger partial charge in [0.2, 0.25) is 5.43 Å². The minimum absolute atomic E-state index is 0.0266. The first-order chi connectivity index (χ1) is 15.6. The van der Waals surface area contributed by atoms with E-state index in [9.17, 15) is 28.3 Å². The predicted octanol–water partition coefficient (Wildman–Crippen LogP) is 0.670. The molecule has 2 amide bonds. The number of hydrogen-bond donors (Lipinski definition) is 4. The molecule has 178 valence electrons. The van der Waals surface area contributed by atoms with Gasteiger partial charge in [-0.1, -0.05) is 6.07 Å². The molecule has 2 aromatic rings. The summed E-state index contributed by atoms with van der Waals surface area (Å²) in [6, 6.07) is 2.91. The molecule has 33 heavy (non-hydrogen) atoms. The van der Waals surface area contributed by atoms with E-state index in [0.29, 0.717) is 32.1 Å². The van der Waals surface area contributed by atoms with E-state index in [2.05, 4.69) is 16.0 Å². The van der Waals surface area contributed by atoms with Crippen molar-refractivity contribution in [2.24, 2.45) is 7.05 Å². The van der Waals surface area contributed by atoms with Gasteiger partial charge in [0.25, 0.3) is 11.8 Å². The summed E-state index contributed by atoms with van der Waals surface area (Å²) in [5.41, 5.74) is -2.33. The van der Waals surface area contributed by atoms with Gasteiger partial charge < -0.3 is 25.2 Å². The second-order valence-corrected chi connectivity index (χ2v) is 7.86. The van der Waals surface area contributed by atoms with Crippen molar-refractivity contribution in [2.45, 2.75) is 25.6 Å². The van der Waals surface area contributed by atoms with Gasteiger partial charge in [-0.15, -0.1) is 0 Å². The number of amides is 2. The second kappa shape index (κ2) is 9.67. The minimum Gasteiger partial charge on any atom is -0.503 e. The van der Waals surface area contributed by atoms with Crippen LogP contribution in [-0.2, 0) is 13.6 Å². The number of pyridine rings is 1. The quantitative estimate of drug-likeness (QED) is 0.449. The van der Waals surface area contributed by atoms with Crippen LogP contribution in [0.4, 0.5) is 8.78 Å². The smallest absolute Gasteiger partial charge is 0.275 e. The Morgan fingerprint density at radius 2 is 2.06 bits per heavy atom. The molecule has 11 heteroatoms. The van der Waals surface area contributed by atoms with Gasteiger partial charge in [0.1, 0.15) is 22.9 Å². The maximum Gasteiger partial charge on any atom is 0.275 e. The Morgan fingerprint density at radius 1 is 1.33 bits per heavy atom. The van der Waals surface area contributed by atoms with E-state index in [1.165, 1.54) is 17.7 Å². The molecular weight excluding hydrogens is 436 g/mol. The van der Waals surface area contributed by atoms with Crippen LogP contribution in [0.3, 0.4) is 0 Å². The number of likely N-dealkylation sites (N-methyl/N-ethyl adjacent to an activating group) is 2. The third-order valence-corrected chi connectivity index (χ3v) is 5.94. The van der Waals surface area contributed by atoms with E-state index >= 15 is 0 Å². The molecule has 0 spiro atoms. The van der Waals surface area contributed by atoms with Crippen molar-refractivity contribution in [2.75, 3.05) is 26.7 Å². The molecule has 3 rings (SSSR count). The number of rotatable bonds is 7. The summed E-state index contributed by atoms with van der Waals surface area (Å²) in [6.07, 6.45) is 1.79. The van der Waals surface area contributed by atoms with Crippen LogP contribution in [0.2, 0.25) is 0 Å². The van der Waals surface area contributed by atoms with Crippen LogP contribution in [0.5, 0.6) is 5.75 Å². The lowest BCUT2D eigenvalue weighted by Gasteiger charge is -2.40. The zero-order chi connectivity index (χ0) is 24.3. The van der Waals surface area contributed by atoms with Gasteiger partial charge in [-0.3, -0.25) is 19.7 Å². The monoisotopic (exact) mass is 463 g/mol. The van der Waals surface area contributed by atoms with Crippen LogP contribution < -0.4 is 21.4 Å². The number of aromatic hydroxyl groups is 1. The number of nitrogens with zero attached hydrogens (tertiary/aromatic N) is 2. The highest BCUT2D eigenvalue weighted by molar-refractivity contribution is 5.98. The molecular formula is C22H27F2N5O4.